The fourth-order valence-electron chi connectivity index (χ4n) is 2.52. The fraction of sp³-hybridized carbons (Fsp3) is 0.571. The Morgan fingerprint density at radius 2 is 2.17 bits per heavy atom. The van der Waals surface area contributed by atoms with E-state index in [9.17, 15) is 4.79 Å². The van der Waals surface area contributed by atoms with Crippen LogP contribution in [0.5, 0.6) is 0 Å². The van der Waals surface area contributed by atoms with E-state index in [4.69, 9.17) is 0 Å². The number of aryl methyl sites for hydroxylation is 1. The number of nitrogens with zero attached hydrogens (tertiary/aromatic N) is 2. The van der Waals surface area contributed by atoms with E-state index in [2.05, 4.69) is 10.3 Å². The summed E-state index contributed by atoms with van der Waals surface area (Å²) < 4.78 is 0. The third kappa shape index (κ3) is 2.88. The second-order valence-corrected chi connectivity index (χ2v) is 4.82. The maximum absolute atomic E-state index is 12.5. The second kappa shape index (κ2) is 5.96. The highest BCUT2D eigenvalue weighted by molar-refractivity contribution is 5.94. The van der Waals surface area contributed by atoms with E-state index in [1.807, 2.05) is 24.8 Å². The molecule has 4 heteroatoms. The maximum atomic E-state index is 12.5. The van der Waals surface area contributed by atoms with Gasteiger partial charge in [0.05, 0.1) is 5.56 Å². The Hall–Kier alpha value is -1.42. The predicted molar refractivity (Wildman–Crippen MR) is 71.6 cm³/mol. The molecule has 0 aliphatic carbocycles. The zero-order chi connectivity index (χ0) is 13.0. The van der Waals surface area contributed by atoms with Crippen LogP contribution in [-0.2, 0) is 0 Å². The lowest BCUT2D eigenvalue weighted by atomic mass is 10.0. The van der Waals surface area contributed by atoms with Gasteiger partial charge >= 0.3 is 0 Å². The molecule has 0 spiro atoms. The molecule has 0 unspecified atom stereocenters. The van der Waals surface area contributed by atoms with Crippen molar-refractivity contribution in [1.29, 1.82) is 0 Å². The van der Waals surface area contributed by atoms with E-state index in [-0.39, 0.29) is 5.91 Å². The molecule has 1 aromatic heterocycles. The van der Waals surface area contributed by atoms with Gasteiger partial charge in [-0.2, -0.15) is 0 Å². The van der Waals surface area contributed by atoms with Crippen LogP contribution >= 0.6 is 0 Å². The average molecular weight is 247 g/mol. The van der Waals surface area contributed by atoms with Crippen LogP contribution < -0.4 is 5.32 Å². The first kappa shape index (κ1) is 13.0. The highest BCUT2D eigenvalue weighted by Crippen LogP contribution is 2.15. The summed E-state index contributed by atoms with van der Waals surface area (Å²) in [5, 5.41) is 3.33. The third-order valence-corrected chi connectivity index (χ3v) is 3.47. The minimum atomic E-state index is 0.112. The molecular weight excluding hydrogens is 226 g/mol. The largest absolute Gasteiger partial charge is 0.336 e. The molecule has 18 heavy (non-hydrogen) atoms. The number of piperidine rings is 1. The Balaban J connectivity index is 2.14. The lowest BCUT2D eigenvalue weighted by Crippen LogP contribution is -2.46. The number of pyridine rings is 1. The first-order valence-electron chi connectivity index (χ1n) is 6.65. The molecule has 98 valence electrons. The molecule has 2 rings (SSSR count). The summed E-state index contributed by atoms with van der Waals surface area (Å²) >= 11 is 0. The van der Waals surface area contributed by atoms with Crippen molar-refractivity contribution in [1.82, 2.24) is 15.2 Å². The van der Waals surface area contributed by atoms with Crippen molar-refractivity contribution in [3.8, 4) is 0 Å². The Morgan fingerprint density at radius 1 is 1.44 bits per heavy atom. The van der Waals surface area contributed by atoms with Crippen molar-refractivity contribution >= 4 is 5.91 Å². The molecule has 0 bridgehead atoms. The van der Waals surface area contributed by atoms with Gasteiger partial charge in [-0.15, -0.1) is 0 Å². The lowest BCUT2D eigenvalue weighted by Gasteiger charge is -2.34. The average Bonchev–Trinajstić information content (AvgIpc) is 2.41. The van der Waals surface area contributed by atoms with Crippen molar-refractivity contribution < 1.29 is 4.79 Å². The first-order chi connectivity index (χ1) is 8.72. The van der Waals surface area contributed by atoms with E-state index in [1.165, 1.54) is 0 Å². The number of aromatic nitrogens is 1. The van der Waals surface area contributed by atoms with Crippen molar-refractivity contribution in [3.63, 3.8) is 0 Å². The van der Waals surface area contributed by atoms with Gasteiger partial charge < -0.3 is 10.2 Å². The molecule has 1 aliphatic rings. The van der Waals surface area contributed by atoms with Crippen LogP contribution in [0.2, 0.25) is 0 Å². The zero-order valence-electron chi connectivity index (χ0n) is 11.1. The number of rotatable bonds is 3. The van der Waals surface area contributed by atoms with Crippen LogP contribution in [0, 0.1) is 6.92 Å². The predicted octanol–water partition coefficient (Wildman–Crippen LogP) is 1.60. The van der Waals surface area contributed by atoms with Crippen molar-refractivity contribution in [3.05, 3.63) is 29.6 Å². The Morgan fingerprint density at radius 3 is 2.78 bits per heavy atom. The number of carbonyl (C=O) groups is 1. The van der Waals surface area contributed by atoms with Gasteiger partial charge in [0, 0.05) is 25.0 Å². The van der Waals surface area contributed by atoms with Crippen LogP contribution in [0.3, 0.4) is 0 Å². The Labute approximate surface area is 108 Å². The van der Waals surface area contributed by atoms with Gasteiger partial charge in [0.25, 0.3) is 5.91 Å². The van der Waals surface area contributed by atoms with Crippen molar-refractivity contribution in [2.45, 2.75) is 32.7 Å². The van der Waals surface area contributed by atoms with E-state index in [0.717, 1.165) is 38.0 Å². The minimum Gasteiger partial charge on any atom is -0.336 e. The molecule has 1 amide bonds. The SMILES string of the molecule is CCN(C(=O)c1cncc(C)c1)C1CCNCC1. The summed E-state index contributed by atoms with van der Waals surface area (Å²) in [5.41, 5.74) is 1.73. The normalized spacial score (nSPS) is 16.6. The van der Waals surface area contributed by atoms with Crippen molar-refractivity contribution in [2.75, 3.05) is 19.6 Å². The number of nitrogens with one attached hydrogen (secondary N) is 1. The third-order valence-electron chi connectivity index (χ3n) is 3.47. The summed E-state index contributed by atoms with van der Waals surface area (Å²) in [4.78, 5) is 18.6. The highest BCUT2D eigenvalue weighted by Gasteiger charge is 2.24. The van der Waals surface area contributed by atoms with Gasteiger partial charge in [-0.05, 0) is 51.4 Å². The Kier molecular flexibility index (Phi) is 4.31. The van der Waals surface area contributed by atoms with Crippen molar-refractivity contribution in [2.24, 2.45) is 0 Å². The van der Waals surface area contributed by atoms with Crippen LogP contribution in [-0.4, -0.2) is 41.5 Å². The van der Waals surface area contributed by atoms with Gasteiger partial charge in [-0.1, -0.05) is 0 Å². The Bertz CT molecular complexity index is 413. The molecular formula is C14H21N3O. The van der Waals surface area contributed by atoms with Crippen LogP contribution in [0.15, 0.2) is 18.5 Å². The topological polar surface area (TPSA) is 45.2 Å². The number of hydrogen-bond acceptors (Lipinski definition) is 3. The molecule has 1 fully saturated rings. The molecule has 0 atom stereocenters. The zero-order valence-corrected chi connectivity index (χ0v) is 11.1. The molecule has 1 aromatic rings. The van der Waals surface area contributed by atoms with Crippen LogP contribution in [0.25, 0.3) is 0 Å². The lowest BCUT2D eigenvalue weighted by molar-refractivity contribution is 0.0655. The molecule has 1 saturated heterocycles. The summed E-state index contributed by atoms with van der Waals surface area (Å²) in [6.45, 7) is 6.77. The van der Waals surface area contributed by atoms with E-state index in [1.54, 1.807) is 12.4 Å². The second-order valence-electron chi connectivity index (χ2n) is 4.82. The van der Waals surface area contributed by atoms with Crippen LogP contribution in [0.4, 0.5) is 0 Å². The number of carbonyl (C=O) groups excluding carboxylic acids is 1. The van der Waals surface area contributed by atoms with Gasteiger partial charge in [0.2, 0.25) is 0 Å². The molecule has 1 aliphatic heterocycles. The molecule has 0 aromatic carbocycles. The molecule has 2 heterocycles. The standard InChI is InChI=1S/C14H21N3O/c1-3-17(13-4-6-15-7-5-13)14(18)12-8-11(2)9-16-10-12/h8-10,13,15H,3-7H2,1-2H3. The van der Waals surface area contributed by atoms with Crippen LogP contribution in [0.1, 0.15) is 35.7 Å². The van der Waals surface area contributed by atoms with E-state index >= 15 is 0 Å². The quantitative estimate of drug-likeness (QED) is 0.882. The summed E-state index contributed by atoms with van der Waals surface area (Å²) in [5.74, 6) is 0.112. The molecule has 1 N–H and O–H groups in total. The maximum Gasteiger partial charge on any atom is 0.255 e. The van der Waals surface area contributed by atoms with Gasteiger partial charge in [-0.3, -0.25) is 9.78 Å². The van der Waals surface area contributed by atoms with Gasteiger partial charge in [0.15, 0.2) is 0 Å². The summed E-state index contributed by atoms with van der Waals surface area (Å²) in [6, 6.07) is 2.28. The fourth-order valence-corrected chi connectivity index (χ4v) is 2.52. The summed E-state index contributed by atoms with van der Waals surface area (Å²) in [6.07, 6.45) is 5.52. The van der Waals surface area contributed by atoms with Gasteiger partial charge in [0.1, 0.15) is 0 Å². The summed E-state index contributed by atoms with van der Waals surface area (Å²) in [7, 11) is 0. The monoisotopic (exact) mass is 247 g/mol. The molecule has 4 nitrogen and oxygen atoms in total. The first-order valence-corrected chi connectivity index (χ1v) is 6.65. The smallest absolute Gasteiger partial charge is 0.255 e. The number of hydrogen-bond donors (Lipinski definition) is 1. The highest BCUT2D eigenvalue weighted by atomic mass is 16.2. The molecule has 0 radical (unpaired) electrons. The van der Waals surface area contributed by atoms with E-state index < -0.39 is 0 Å². The molecule has 0 saturated carbocycles. The minimum absolute atomic E-state index is 0.112. The number of amides is 1. The van der Waals surface area contributed by atoms with E-state index in [0.29, 0.717) is 11.6 Å². The van der Waals surface area contributed by atoms with Gasteiger partial charge in [-0.25, -0.2) is 0 Å².